The van der Waals surface area contributed by atoms with E-state index in [4.69, 9.17) is 0 Å². The molecule has 3 heteroatoms. The van der Waals surface area contributed by atoms with Gasteiger partial charge in [0.2, 0.25) is 5.91 Å². The SMILES string of the molecule is O=C(NCC1CC2CCC(C1)N2)C1CCCCC1. The summed E-state index contributed by atoms with van der Waals surface area (Å²) in [4.78, 5) is 12.1. The molecule has 2 aliphatic heterocycles. The van der Waals surface area contributed by atoms with E-state index in [0.717, 1.165) is 37.4 Å². The van der Waals surface area contributed by atoms with Gasteiger partial charge in [-0.3, -0.25) is 4.79 Å². The maximum Gasteiger partial charge on any atom is 0.223 e. The molecule has 1 aliphatic carbocycles. The lowest BCUT2D eigenvalue weighted by atomic mass is 9.88. The number of fused-ring (bicyclic) bond motifs is 2. The summed E-state index contributed by atoms with van der Waals surface area (Å²) in [6.45, 7) is 0.921. The van der Waals surface area contributed by atoms with E-state index in [1.807, 2.05) is 0 Å². The van der Waals surface area contributed by atoms with Crippen molar-refractivity contribution in [3.63, 3.8) is 0 Å². The summed E-state index contributed by atoms with van der Waals surface area (Å²) in [5.41, 5.74) is 0. The quantitative estimate of drug-likeness (QED) is 0.806. The van der Waals surface area contributed by atoms with Crippen LogP contribution >= 0.6 is 0 Å². The number of carbonyl (C=O) groups excluding carboxylic acids is 1. The van der Waals surface area contributed by atoms with Gasteiger partial charge in [-0.05, 0) is 44.4 Å². The number of rotatable bonds is 3. The number of hydrogen-bond donors (Lipinski definition) is 2. The van der Waals surface area contributed by atoms with Crippen LogP contribution in [0.25, 0.3) is 0 Å². The van der Waals surface area contributed by atoms with Crippen molar-refractivity contribution >= 4 is 5.91 Å². The Morgan fingerprint density at radius 3 is 2.33 bits per heavy atom. The van der Waals surface area contributed by atoms with Gasteiger partial charge in [-0.15, -0.1) is 0 Å². The maximum absolute atomic E-state index is 12.1. The van der Waals surface area contributed by atoms with Crippen LogP contribution in [0.15, 0.2) is 0 Å². The predicted octanol–water partition coefficient (Wildman–Crippen LogP) is 2.21. The smallest absolute Gasteiger partial charge is 0.223 e. The molecule has 2 bridgehead atoms. The molecule has 3 aliphatic rings. The second-order valence-corrected chi connectivity index (χ2v) is 6.56. The molecule has 2 saturated heterocycles. The summed E-state index contributed by atoms with van der Waals surface area (Å²) in [5, 5.41) is 6.88. The molecular formula is C15H26N2O. The third-order valence-corrected chi connectivity index (χ3v) is 5.11. The van der Waals surface area contributed by atoms with Crippen molar-refractivity contribution in [2.45, 2.75) is 69.9 Å². The molecule has 2 N–H and O–H groups in total. The highest BCUT2D eigenvalue weighted by Gasteiger charge is 2.33. The monoisotopic (exact) mass is 250 g/mol. The van der Waals surface area contributed by atoms with Crippen LogP contribution in [0, 0.1) is 11.8 Å². The van der Waals surface area contributed by atoms with Crippen molar-refractivity contribution in [1.82, 2.24) is 10.6 Å². The minimum atomic E-state index is 0.317. The molecule has 0 radical (unpaired) electrons. The van der Waals surface area contributed by atoms with Crippen LogP contribution in [0.3, 0.4) is 0 Å². The Balaban J connectivity index is 1.42. The summed E-state index contributed by atoms with van der Waals surface area (Å²) < 4.78 is 0. The molecule has 0 spiro atoms. The van der Waals surface area contributed by atoms with Gasteiger partial charge in [0, 0.05) is 24.5 Å². The zero-order chi connectivity index (χ0) is 12.4. The Labute approximate surface area is 110 Å². The van der Waals surface area contributed by atoms with Gasteiger partial charge in [0.15, 0.2) is 0 Å². The molecule has 102 valence electrons. The van der Waals surface area contributed by atoms with Gasteiger partial charge in [0.25, 0.3) is 0 Å². The van der Waals surface area contributed by atoms with Crippen molar-refractivity contribution in [1.29, 1.82) is 0 Å². The fourth-order valence-electron chi connectivity index (χ4n) is 4.10. The highest BCUT2D eigenvalue weighted by Crippen LogP contribution is 2.30. The number of carbonyl (C=O) groups is 1. The van der Waals surface area contributed by atoms with E-state index in [1.54, 1.807) is 0 Å². The van der Waals surface area contributed by atoms with Crippen LogP contribution in [0.2, 0.25) is 0 Å². The third kappa shape index (κ3) is 2.87. The first-order valence-electron chi connectivity index (χ1n) is 7.85. The van der Waals surface area contributed by atoms with E-state index < -0.39 is 0 Å². The number of hydrogen-bond acceptors (Lipinski definition) is 2. The Morgan fingerprint density at radius 1 is 1.00 bits per heavy atom. The highest BCUT2D eigenvalue weighted by molar-refractivity contribution is 5.78. The lowest BCUT2D eigenvalue weighted by Gasteiger charge is -2.30. The molecule has 0 aromatic heterocycles. The number of amides is 1. The maximum atomic E-state index is 12.1. The molecule has 2 heterocycles. The molecular weight excluding hydrogens is 224 g/mol. The molecule has 1 saturated carbocycles. The van der Waals surface area contributed by atoms with E-state index in [0.29, 0.717) is 11.8 Å². The van der Waals surface area contributed by atoms with Gasteiger partial charge in [0.05, 0.1) is 0 Å². The molecule has 18 heavy (non-hydrogen) atoms. The molecule has 2 unspecified atom stereocenters. The Bertz CT molecular complexity index is 287. The van der Waals surface area contributed by atoms with Crippen LogP contribution < -0.4 is 10.6 Å². The number of piperidine rings is 1. The highest BCUT2D eigenvalue weighted by atomic mass is 16.1. The fourth-order valence-corrected chi connectivity index (χ4v) is 4.10. The first-order chi connectivity index (χ1) is 8.81. The van der Waals surface area contributed by atoms with Crippen LogP contribution in [0.1, 0.15) is 57.8 Å². The number of nitrogens with one attached hydrogen (secondary N) is 2. The van der Waals surface area contributed by atoms with E-state index in [2.05, 4.69) is 10.6 Å². The van der Waals surface area contributed by atoms with Gasteiger partial charge < -0.3 is 10.6 Å². The first-order valence-corrected chi connectivity index (χ1v) is 7.85. The molecule has 0 aromatic carbocycles. The first kappa shape index (κ1) is 12.5. The molecule has 3 rings (SSSR count). The van der Waals surface area contributed by atoms with Crippen molar-refractivity contribution in [2.75, 3.05) is 6.54 Å². The standard InChI is InChI=1S/C15H26N2O/c18-15(12-4-2-1-3-5-12)16-10-11-8-13-6-7-14(9-11)17-13/h11-14,17H,1-10H2,(H,16,18). The molecule has 2 atom stereocenters. The summed E-state index contributed by atoms with van der Waals surface area (Å²) in [7, 11) is 0. The van der Waals surface area contributed by atoms with Crippen molar-refractivity contribution in [3.8, 4) is 0 Å². The third-order valence-electron chi connectivity index (χ3n) is 5.11. The second kappa shape index (κ2) is 5.60. The van der Waals surface area contributed by atoms with E-state index in [1.165, 1.54) is 44.9 Å². The van der Waals surface area contributed by atoms with E-state index in [9.17, 15) is 4.79 Å². The largest absolute Gasteiger partial charge is 0.356 e. The van der Waals surface area contributed by atoms with Gasteiger partial charge in [0.1, 0.15) is 0 Å². The zero-order valence-electron chi connectivity index (χ0n) is 11.3. The van der Waals surface area contributed by atoms with E-state index >= 15 is 0 Å². The van der Waals surface area contributed by atoms with Crippen molar-refractivity contribution in [2.24, 2.45) is 11.8 Å². The lowest BCUT2D eigenvalue weighted by Crippen LogP contribution is -2.43. The zero-order valence-corrected chi connectivity index (χ0v) is 11.3. The van der Waals surface area contributed by atoms with Gasteiger partial charge in [-0.1, -0.05) is 19.3 Å². The second-order valence-electron chi connectivity index (χ2n) is 6.56. The molecule has 0 aromatic rings. The average molecular weight is 250 g/mol. The van der Waals surface area contributed by atoms with Crippen molar-refractivity contribution in [3.05, 3.63) is 0 Å². The molecule has 3 nitrogen and oxygen atoms in total. The molecule has 3 fully saturated rings. The van der Waals surface area contributed by atoms with E-state index in [-0.39, 0.29) is 0 Å². The van der Waals surface area contributed by atoms with Gasteiger partial charge in [-0.25, -0.2) is 0 Å². The Hall–Kier alpha value is -0.570. The summed E-state index contributed by atoms with van der Waals surface area (Å²) in [6.07, 6.45) is 11.3. The summed E-state index contributed by atoms with van der Waals surface area (Å²) >= 11 is 0. The minimum Gasteiger partial charge on any atom is -0.356 e. The van der Waals surface area contributed by atoms with Crippen LogP contribution in [-0.2, 0) is 4.79 Å². The van der Waals surface area contributed by atoms with Gasteiger partial charge in [-0.2, -0.15) is 0 Å². The fraction of sp³-hybridized carbons (Fsp3) is 0.933. The van der Waals surface area contributed by atoms with Crippen LogP contribution in [0.4, 0.5) is 0 Å². The summed E-state index contributed by atoms with van der Waals surface area (Å²) in [5.74, 6) is 1.37. The Morgan fingerprint density at radius 2 is 1.67 bits per heavy atom. The lowest BCUT2D eigenvalue weighted by molar-refractivity contribution is -0.126. The molecule has 1 amide bonds. The van der Waals surface area contributed by atoms with Gasteiger partial charge >= 0.3 is 0 Å². The van der Waals surface area contributed by atoms with Crippen LogP contribution in [0.5, 0.6) is 0 Å². The van der Waals surface area contributed by atoms with Crippen molar-refractivity contribution < 1.29 is 4.79 Å². The topological polar surface area (TPSA) is 41.1 Å². The van der Waals surface area contributed by atoms with Crippen LogP contribution in [-0.4, -0.2) is 24.5 Å². The average Bonchev–Trinajstić information content (AvgIpc) is 2.76. The predicted molar refractivity (Wildman–Crippen MR) is 72.3 cm³/mol. The minimum absolute atomic E-state index is 0.317. The summed E-state index contributed by atoms with van der Waals surface area (Å²) in [6, 6.07) is 1.47. The normalized spacial score (nSPS) is 36.6. The Kier molecular flexibility index (Phi) is 3.88.